The number of halogens is 3. The summed E-state index contributed by atoms with van der Waals surface area (Å²) in [6.45, 7) is 0. The SMILES string of the molecule is CNc1cnc(C(=O)Nc2cc(F)cc(F)c2F)cn1. The Morgan fingerprint density at radius 1 is 1.15 bits per heavy atom. The number of rotatable bonds is 3. The number of nitrogens with one attached hydrogen (secondary N) is 2. The third kappa shape index (κ3) is 2.85. The molecule has 0 spiro atoms. The quantitative estimate of drug-likeness (QED) is 0.847. The maximum Gasteiger partial charge on any atom is 0.275 e. The average molecular weight is 282 g/mol. The topological polar surface area (TPSA) is 66.9 Å². The van der Waals surface area contributed by atoms with Gasteiger partial charge in [0.1, 0.15) is 17.3 Å². The Labute approximate surface area is 111 Å². The van der Waals surface area contributed by atoms with Gasteiger partial charge in [-0.2, -0.15) is 0 Å². The summed E-state index contributed by atoms with van der Waals surface area (Å²) >= 11 is 0. The van der Waals surface area contributed by atoms with Crippen LogP contribution in [-0.2, 0) is 0 Å². The largest absolute Gasteiger partial charge is 0.372 e. The molecule has 0 fully saturated rings. The van der Waals surface area contributed by atoms with E-state index in [4.69, 9.17) is 0 Å². The number of benzene rings is 1. The van der Waals surface area contributed by atoms with Gasteiger partial charge in [-0.1, -0.05) is 0 Å². The van der Waals surface area contributed by atoms with Crippen molar-refractivity contribution in [3.8, 4) is 0 Å². The fraction of sp³-hybridized carbons (Fsp3) is 0.0833. The zero-order valence-electron chi connectivity index (χ0n) is 10.2. The van der Waals surface area contributed by atoms with Crippen molar-refractivity contribution >= 4 is 17.4 Å². The molecular weight excluding hydrogens is 273 g/mol. The minimum atomic E-state index is -1.39. The molecule has 2 rings (SSSR count). The molecule has 1 aromatic heterocycles. The van der Waals surface area contributed by atoms with Crippen molar-refractivity contribution < 1.29 is 18.0 Å². The molecule has 104 valence electrons. The molecule has 5 nitrogen and oxygen atoms in total. The van der Waals surface area contributed by atoms with Gasteiger partial charge in [-0.25, -0.2) is 23.1 Å². The van der Waals surface area contributed by atoms with Crippen LogP contribution >= 0.6 is 0 Å². The van der Waals surface area contributed by atoms with Gasteiger partial charge in [0.25, 0.3) is 5.91 Å². The molecule has 0 bridgehead atoms. The normalized spacial score (nSPS) is 10.2. The van der Waals surface area contributed by atoms with Crippen LogP contribution in [0.1, 0.15) is 10.5 Å². The highest BCUT2D eigenvalue weighted by Gasteiger charge is 2.15. The number of carbonyl (C=O) groups is 1. The van der Waals surface area contributed by atoms with Crippen molar-refractivity contribution in [2.24, 2.45) is 0 Å². The lowest BCUT2D eigenvalue weighted by atomic mass is 10.2. The van der Waals surface area contributed by atoms with Crippen LogP contribution in [0.5, 0.6) is 0 Å². The van der Waals surface area contributed by atoms with Gasteiger partial charge in [-0.05, 0) is 0 Å². The van der Waals surface area contributed by atoms with Gasteiger partial charge in [0.15, 0.2) is 11.6 Å². The van der Waals surface area contributed by atoms with E-state index >= 15 is 0 Å². The second-order valence-electron chi connectivity index (χ2n) is 3.74. The number of nitrogens with zero attached hydrogens (tertiary/aromatic N) is 2. The van der Waals surface area contributed by atoms with E-state index in [-0.39, 0.29) is 5.69 Å². The molecule has 1 amide bonds. The van der Waals surface area contributed by atoms with E-state index < -0.39 is 29.0 Å². The van der Waals surface area contributed by atoms with Gasteiger partial charge >= 0.3 is 0 Å². The van der Waals surface area contributed by atoms with Crippen LogP contribution in [0.3, 0.4) is 0 Å². The summed E-state index contributed by atoms with van der Waals surface area (Å²) in [6, 6.07) is 1.05. The number of anilines is 2. The third-order valence-corrected chi connectivity index (χ3v) is 2.38. The van der Waals surface area contributed by atoms with Crippen molar-refractivity contribution in [1.82, 2.24) is 9.97 Å². The second-order valence-corrected chi connectivity index (χ2v) is 3.74. The van der Waals surface area contributed by atoms with Crippen LogP contribution in [0.4, 0.5) is 24.7 Å². The number of hydrogen-bond acceptors (Lipinski definition) is 4. The Balaban J connectivity index is 2.23. The van der Waals surface area contributed by atoms with E-state index in [1.165, 1.54) is 6.20 Å². The maximum absolute atomic E-state index is 13.4. The summed E-state index contributed by atoms with van der Waals surface area (Å²) in [7, 11) is 1.62. The second kappa shape index (κ2) is 5.55. The zero-order valence-corrected chi connectivity index (χ0v) is 10.2. The molecule has 1 heterocycles. The van der Waals surface area contributed by atoms with Gasteiger partial charge in [-0.15, -0.1) is 0 Å². The van der Waals surface area contributed by atoms with Gasteiger partial charge < -0.3 is 10.6 Å². The fourth-order valence-corrected chi connectivity index (χ4v) is 1.41. The van der Waals surface area contributed by atoms with Gasteiger partial charge in [0, 0.05) is 19.2 Å². The molecular formula is C12H9F3N4O. The fourth-order valence-electron chi connectivity index (χ4n) is 1.41. The Hall–Kier alpha value is -2.64. The molecule has 2 aromatic rings. The number of hydrogen-bond donors (Lipinski definition) is 2. The molecule has 0 unspecified atom stereocenters. The van der Waals surface area contributed by atoms with E-state index in [1.807, 2.05) is 5.32 Å². The smallest absolute Gasteiger partial charge is 0.275 e. The van der Waals surface area contributed by atoms with E-state index in [2.05, 4.69) is 15.3 Å². The summed E-state index contributed by atoms with van der Waals surface area (Å²) in [4.78, 5) is 19.4. The number of amides is 1. The molecule has 0 aliphatic heterocycles. The predicted octanol–water partition coefficient (Wildman–Crippen LogP) is 2.19. The first-order chi connectivity index (χ1) is 9.51. The molecule has 0 saturated carbocycles. The first-order valence-corrected chi connectivity index (χ1v) is 5.47. The maximum atomic E-state index is 13.4. The lowest BCUT2D eigenvalue weighted by molar-refractivity contribution is 0.102. The minimum Gasteiger partial charge on any atom is -0.372 e. The van der Waals surface area contributed by atoms with E-state index in [9.17, 15) is 18.0 Å². The molecule has 0 saturated heterocycles. The molecule has 2 N–H and O–H groups in total. The average Bonchev–Trinajstić information content (AvgIpc) is 2.44. The van der Waals surface area contributed by atoms with Crippen LogP contribution in [0.2, 0.25) is 0 Å². The van der Waals surface area contributed by atoms with Crippen LogP contribution in [-0.4, -0.2) is 22.9 Å². The first-order valence-electron chi connectivity index (χ1n) is 5.47. The monoisotopic (exact) mass is 282 g/mol. The minimum absolute atomic E-state index is 0.118. The molecule has 0 aliphatic carbocycles. The third-order valence-electron chi connectivity index (χ3n) is 2.38. The summed E-state index contributed by atoms with van der Waals surface area (Å²) in [5, 5.41) is 4.73. The van der Waals surface area contributed by atoms with Gasteiger partial charge in [-0.3, -0.25) is 4.79 Å². The lowest BCUT2D eigenvalue weighted by Gasteiger charge is -2.07. The van der Waals surface area contributed by atoms with E-state index in [0.29, 0.717) is 18.0 Å². The molecule has 0 atom stereocenters. The number of aromatic nitrogens is 2. The lowest BCUT2D eigenvalue weighted by Crippen LogP contribution is -2.16. The van der Waals surface area contributed by atoms with Crippen LogP contribution in [0, 0.1) is 17.5 Å². The molecule has 0 radical (unpaired) electrons. The number of carbonyl (C=O) groups excluding carboxylic acids is 1. The van der Waals surface area contributed by atoms with Crippen molar-refractivity contribution in [3.05, 3.63) is 47.7 Å². The first kappa shape index (κ1) is 13.8. The molecule has 8 heteroatoms. The Morgan fingerprint density at radius 2 is 1.90 bits per heavy atom. The Morgan fingerprint density at radius 3 is 2.50 bits per heavy atom. The highest BCUT2D eigenvalue weighted by Crippen LogP contribution is 2.19. The highest BCUT2D eigenvalue weighted by atomic mass is 19.2. The summed E-state index contributed by atoms with van der Waals surface area (Å²) in [6.07, 6.45) is 2.44. The van der Waals surface area contributed by atoms with Crippen molar-refractivity contribution in [2.45, 2.75) is 0 Å². The predicted molar refractivity (Wildman–Crippen MR) is 65.8 cm³/mol. The van der Waals surface area contributed by atoms with Gasteiger partial charge in [0.2, 0.25) is 0 Å². The van der Waals surface area contributed by atoms with E-state index in [0.717, 1.165) is 6.20 Å². The van der Waals surface area contributed by atoms with Crippen LogP contribution < -0.4 is 10.6 Å². The Kier molecular flexibility index (Phi) is 3.83. The Bertz CT molecular complexity index is 646. The standard InChI is InChI=1S/C12H9F3N4O/c1-16-10-5-17-9(4-18-10)12(20)19-8-3-6(13)2-7(14)11(8)15/h2-5H,1H3,(H,16,18)(H,19,20). The van der Waals surface area contributed by atoms with Crippen LogP contribution in [0.25, 0.3) is 0 Å². The van der Waals surface area contributed by atoms with Crippen molar-refractivity contribution in [2.75, 3.05) is 17.7 Å². The van der Waals surface area contributed by atoms with Crippen molar-refractivity contribution in [1.29, 1.82) is 0 Å². The highest BCUT2D eigenvalue weighted by molar-refractivity contribution is 6.02. The summed E-state index contributed by atoms with van der Waals surface area (Å²) in [5.41, 5.74) is -0.722. The molecule has 20 heavy (non-hydrogen) atoms. The van der Waals surface area contributed by atoms with Crippen molar-refractivity contribution in [3.63, 3.8) is 0 Å². The summed E-state index contributed by atoms with van der Waals surface area (Å²) in [5.74, 6) is -4.14. The van der Waals surface area contributed by atoms with Crippen LogP contribution in [0.15, 0.2) is 24.5 Å². The summed E-state index contributed by atoms with van der Waals surface area (Å²) < 4.78 is 39.3. The van der Waals surface area contributed by atoms with E-state index in [1.54, 1.807) is 7.05 Å². The molecule has 0 aliphatic rings. The zero-order chi connectivity index (χ0) is 14.7. The van der Waals surface area contributed by atoms with Gasteiger partial charge in [0.05, 0.1) is 18.1 Å². The molecule has 1 aromatic carbocycles.